The molecule has 0 spiro atoms. The van der Waals surface area contributed by atoms with E-state index >= 15 is 0 Å². The van der Waals surface area contributed by atoms with E-state index in [-0.39, 0.29) is 12.1 Å². The summed E-state index contributed by atoms with van der Waals surface area (Å²) >= 11 is 0. The Morgan fingerprint density at radius 3 is 1.78 bits per heavy atom. The fourth-order valence-electron chi connectivity index (χ4n) is 3.56. The van der Waals surface area contributed by atoms with Crippen LogP contribution < -0.4 is 0 Å². The highest BCUT2D eigenvalue weighted by molar-refractivity contribution is 5.69. The zero-order valence-electron chi connectivity index (χ0n) is 17.9. The van der Waals surface area contributed by atoms with Crippen molar-refractivity contribution >= 4 is 5.97 Å². The number of hydrogen-bond acceptors (Lipinski definition) is 2. The minimum Gasteiger partial charge on any atom is -0.462 e. The summed E-state index contributed by atoms with van der Waals surface area (Å²) in [5, 5.41) is 0. The van der Waals surface area contributed by atoms with Crippen LogP contribution in [0.1, 0.15) is 109 Å². The third kappa shape index (κ3) is 14.4. The van der Waals surface area contributed by atoms with Gasteiger partial charge in [0, 0.05) is 12.8 Å². The topological polar surface area (TPSA) is 26.3 Å². The Balaban J connectivity index is 1.86. The molecule has 0 aromatic heterocycles. The van der Waals surface area contributed by atoms with Crippen molar-refractivity contribution in [1.82, 2.24) is 0 Å². The van der Waals surface area contributed by atoms with Crippen LogP contribution in [-0.2, 0) is 16.0 Å². The average Bonchev–Trinajstić information content (AvgIpc) is 2.66. The lowest BCUT2D eigenvalue weighted by atomic mass is 10.0. The standard InChI is InChI=1S/C25H42O2/c1-3-4-5-6-7-8-9-10-11-12-13-14-18-21-25(26)27-23(2)22-24-19-16-15-17-20-24/h15-17,19-20,23H,3-14,18,21-22H2,1-2H3/t23-/m0/s1. The third-order valence-corrected chi connectivity index (χ3v) is 5.18. The first kappa shape index (κ1) is 23.7. The quantitative estimate of drug-likeness (QED) is 0.207. The first-order chi connectivity index (χ1) is 13.2. The molecule has 27 heavy (non-hydrogen) atoms. The minimum absolute atomic E-state index is 0.0399. The SMILES string of the molecule is CCCCCCCCCCCCCCCC(=O)O[C@@H](C)Cc1ccccc1. The number of esters is 1. The number of carbonyl (C=O) groups is 1. The van der Waals surface area contributed by atoms with E-state index < -0.39 is 0 Å². The van der Waals surface area contributed by atoms with Crippen LogP contribution in [0, 0.1) is 0 Å². The largest absolute Gasteiger partial charge is 0.462 e. The van der Waals surface area contributed by atoms with Crippen molar-refractivity contribution in [3.63, 3.8) is 0 Å². The van der Waals surface area contributed by atoms with Gasteiger partial charge < -0.3 is 4.74 Å². The molecule has 1 aromatic carbocycles. The first-order valence-electron chi connectivity index (χ1n) is 11.5. The molecule has 154 valence electrons. The fourth-order valence-corrected chi connectivity index (χ4v) is 3.56. The average molecular weight is 375 g/mol. The van der Waals surface area contributed by atoms with Gasteiger partial charge in [-0.3, -0.25) is 4.79 Å². The molecule has 2 heteroatoms. The van der Waals surface area contributed by atoms with Gasteiger partial charge in [-0.1, -0.05) is 114 Å². The van der Waals surface area contributed by atoms with Crippen LogP contribution in [0.15, 0.2) is 30.3 Å². The maximum Gasteiger partial charge on any atom is 0.306 e. The van der Waals surface area contributed by atoms with Crippen molar-refractivity contribution in [3.05, 3.63) is 35.9 Å². The number of unbranched alkanes of at least 4 members (excludes halogenated alkanes) is 12. The molecule has 0 aliphatic heterocycles. The summed E-state index contributed by atoms with van der Waals surface area (Å²) in [5.74, 6) is -0.0403. The summed E-state index contributed by atoms with van der Waals surface area (Å²) in [6.07, 6.45) is 18.6. The summed E-state index contributed by atoms with van der Waals surface area (Å²) in [6, 6.07) is 10.2. The molecule has 0 saturated carbocycles. The molecule has 1 aromatic rings. The van der Waals surface area contributed by atoms with Crippen molar-refractivity contribution in [2.45, 2.75) is 116 Å². The van der Waals surface area contributed by atoms with Crippen LogP contribution in [0.2, 0.25) is 0 Å². The molecule has 0 N–H and O–H groups in total. The molecule has 0 bridgehead atoms. The van der Waals surface area contributed by atoms with Gasteiger partial charge in [-0.25, -0.2) is 0 Å². The second-order valence-electron chi connectivity index (χ2n) is 7.98. The monoisotopic (exact) mass is 374 g/mol. The van der Waals surface area contributed by atoms with E-state index in [0.29, 0.717) is 6.42 Å². The van der Waals surface area contributed by atoms with Crippen LogP contribution in [-0.4, -0.2) is 12.1 Å². The number of benzene rings is 1. The molecule has 0 fully saturated rings. The van der Waals surface area contributed by atoms with Gasteiger partial charge in [-0.15, -0.1) is 0 Å². The molecule has 0 saturated heterocycles. The maximum atomic E-state index is 11.9. The predicted octanol–water partition coefficient (Wildman–Crippen LogP) is 7.64. The summed E-state index contributed by atoms with van der Waals surface area (Å²) in [6.45, 7) is 4.25. The Morgan fingerprint density at radius 1 is 0.778 bits per heavy atom. The first-order valence-corrected chi connectivity index (χ1v) is 11.5. The molecule has 0 aliphatic rings. The van der Waals surface area contributed by atoms with E-state index in [0.717, 1.165) is 19.3 Å². The molecule has 0 amide bonds. The Kier molecular flexibility index (Phi) is 14.8. The number of carbonyl (C=O) groups excluding carboxylic acids is 1. The number of rotatable bonds is 17. The fraction of sp³-hybridized carbons (Fsp3) is 0.720. The zero-order valence-corrected chi connectivity index (χ0v) is 17.9. The van der Waals surface area contributed by atoms with Gasteiger partial charge in [-0.2, -0.15) is 0 Å². The number of hydrogen-bond donors (Lipinski definition) is 0. The van der Waals surface area contributed by atoms with Crippen LogP contribution >= 0.6 is 0 Å². The van der Waals surface area contributed by atoms with Gasteiger partial charge in [0.15, 0.2) is 0 Å². The van der Waals surface area contributed by atoms with E-state index in [4.69, 9.17) is 4.74 Å². The van der Waals surface area contributed by atoms with Crippen LogP contribution in [0.3, 0.4) is 0 Å². The Morgan fingerprint density at radius 2 is 1.26 bits per heavy atom. The molecule has 0 aliphatic carbocycles. The van der Waals surface area contributed by atoms with E-state index in [1.807, 2.05) is 25.1 Å². The highest BCUT2D eigenvalue weighted by atomic mass is 16.5. The van der Waals surface area contributed by atoms with Crippen molar-refractivity contribution in [2.75, 3.05) is 0 Å². The van der Waals surface area contributed by atoms with Crippen LogP contribution in [0.25, 0.3) is 0 Å². The van der Waals surface area contributed by atoms with Gasteiger partial charge in [-0.05, 0) is 18.9 Å². The predicted molar refractivity (Wildman–Crippen MR) is 116 cm³/mol. The van der Waals surface area contributed by atoms with Gasteiger partial charge in [0.05, 0.1) is 0 Å². The van der Waals surface area contributed by atoms with Crippen molar-refractivity contribution in [3.8, 4) is 0 Å². The highest BCUT2D eigenvalue weighted by Gasteiger charge is 2.09. The maximum absolute atomic E-state index is 11.9. The Hall–Kier alpha value is -1.31. The summed E-state index contributed by atoms with van der Waals surface area (Å²) in [7, 11) is 0. The molecule has 1 rings (SSSR count). The van der Waals surface area contributed by atoms with Crippen molar-refractivity contribution in [1.29, 1.82) is 0 Å². The van der Waals surface area contributed by atoms with Gasteiger partial charge in [0.2, 0.25) is 0 Å². The van der Waals surface area contributed by atoms with Gasteiger partial charge >= 0.3 is 5.97 Å². The summed E-state index contributed by atoms with van der Waals surface area (Å²) in [5.41, 5.74) is 1.22. The lowest BCUT2D eigenvalue weighted by Crippen LogP contribution is -2.17. The lowest BCUT2D eigenvalue weighted by Gasteiger charge is -2.13. The van der Waals surface area contributed by atoms with Crippen molar-refractivity contribution < 1.29 is 9.53 Å². The Labute approximate surface area is 168 Å². The Bertz CT molecular complexity index is 455. The van der Waals surface area contributed by atoms with E-state index in [1.165, 1.54) is 76.2 Å². The minimum atomic E-state index is -0.0403. The van der Waals surface area contributed by atoms with Crippen LogP contribution in [0.5, 0.6) is 0 Å². The van der Waals surface area contributed by atoms with Gasteiger partial charge in [0.25, 0.3) is 0 Å². The second kappa shape index (κ2) is 16.8. The molecule has 1 atom stereocenters. The van der Waals surface area contributed by atoms with E-state index in [1.54, 1.807) is 0 Å². The van der Waals surface area contributed by atoms with E-state index in [9.17, 15) is 4.79 Å². The lowest BCUT2D eigenvalue weighted by molar-refractivity contribution is -0.148. The molecule has 2 nitrogen and oxygen atoms in total. The number of ether oxygens (including phenoxy) is 1. The molecule has 0 unspecified atom stereocenters. The second-order valence-corrected chi connectivity index (χ2v) is 7.98. The normalized spacial score (nSPS) is 12.1. The smallest absolute Gasteiger partial charge is 0.306 e. The summed E-state index contributed by atoms with van der Waals surface area (Å²) in [4.78, 5) is 11.9. The third-order valence-electron chi connectivity index (χ3n) is 5.18. The summed E-state index contributed by atoms with van der Waals surface area (Å²) < 4.78 is 5.52. The molecular formula is C25H42O2. The van der Waals surface area contributed by atoms with E-state index in [2.05, 4.69) is 19.1 Å². The molecular weight excluding hydrogens is 332 g/mol. The zero-order chi connectivity index (χ0) is 19.6. The molecule has 0 heterocycles. The highest BCUT2D eigenvalue weighted by Crippen LogP contribution is 2.13. The molecule has 0 radical (unpaired) electrons. The van der Waals surface area contributed by atoms with Crippen LogP contribution in [0.4, 0.5) is 0 Å². The van der Waals surface area contributed by atoms with Gasteiger partial charge in [0.1, 0.15) is 6.10 Å². The van der Waals surface area contributed by atoms with Crippen molar-refractivity contribution in [2.24, 2.45) is 0 Å².